The molecular weight excluding hydrogens is 573 g/mol. The molecule has 0 bridgehead atoms. The highest BCUT2D eigenvalue weighted by Crippen LogP contribution is 2.35. The Morgan fingerprint density at radius 1 is 1.00 bits per heavy atom. The van der Waals surface area contributed by atoms with Crippen LogP contribution >= 0.6 is 0 Å². The van der Waals surface area contributed by atoms with Gasteiger partial charge in [-0.15, -0.1) is 0 Å². The molecule has 1 saturated heterocycles. The number of piperazine rings is 1. The first-order valence-corrected chi connectivity index (χ1v) is 13.9. The minimum atomic E-state index is -4.57. The van der Waals surface area contributed by atoms with Crippen LogP contribution in [0.2, 0.25) is 0 Å². The lowest BCUT2D eigenvalue weighted by Crippen LogP contribution is -2.44. The largest absolute Gasteiger partial charge is 0.437 e. The Morgan fingerprint density at radius 2 is 1.82 bits per heavy atom. The van der Waals surface area contributed by atoms with Gasteiger partial charge in [0.1, 0.15) is 5.75 Å². The molecule has 0 radical (unpaired) electrons. The normalized spacial score (nSPS) is 14.6. The predicted molar refractivity (Wildman–Crippen MR) is 158 cm³/mol. The number of aryl methyl sites for hydroxylation is 1. The van der Waals surface area contributed by atoms with E-state index in [1.165, 1.54) is 18.2 Å². The molecule has 3 aromatic heterocycles. The molecule has 44 heavy (non-hydrogen) atoms. The third-order valence-corrected chi connectivity index (χ3v) is 7.42. The summed E-state index contributed by atoms with van der Waals surface area (Å²) in [7, 11) is 3.79. The second-order valence-corrected chi connectivity index (χ2v) is 10.7. The van der Waals surface area contributed by atoms with Gasteiger partial charge in [-0.25, -0.2) is 9.97 Å². The van der Waals surface area contributed by atoms with Crippen molar-refractivity contribution in [2.45, 2.75) is 12.7 Å². The van der Waals surface area contributed by atoms with Crippen molar-refractivity contribution < 1.29 is 22.7 Å². The summed E-state index contributed by atoms with van der Waals surface area (Å²) in [6.07, 6.45) is 0.302. The number of nitrogens with zero attached hydrogens (tertiary/aromatic N) is 7. The maximum absolute atomic E-state index is 14.0. The van der Waals surface area contributed by atoms with Gasteiger partial charge < -0.3 is 19.5 Å². The average Bonchev–Trinajstić information content (AvgIpc) is 3.39. The molecule has 6 rings (SSSR count). The van der Waals surface area contributed by atoms with E-state index >= 15 is 0 Å². The van der Waals surface area contributed by atoms with E-state index < -0.39 is 17.6 Å². The van der Waals surface area contributed by atoms with Crippen LogP contribution in [0.3, 0.4) is 0 Å². The average molecular weight is 603 g/mol. The Bertz CT molecular complexity index is 1800. The number of hydrogen-bond acceptors (Lipinski definition) is 8. The summed E-state index contributed by atoms with van der Waals surface area (Å²) < 4.78 is 49.9. The van der Waals surface area contributed by atoms with E-state index in [-0.39, 0.29) is 29.2 Å². The third-order valence-electron chi connectivity index (χ3n) is 7.42. The van der Waals surface area contributed by atoms with E-state index in [9.17, 15) is 18.0 Å². The molecule has 0 unspecified atom stereocenters. The number of aromatic nitrogens is 5. The first-order chi connectivity index (χ1) is 21.1. The first-order valence-electron chi connectivity index (χ1n) is 13.9. The fourth-order valence-electron chi connectivity index (χ4n) is 4.99. The smallest absolute Gasteiger partial charge is 0.416 e. The van der Waals surface area contributed by atoms with E-state index in [1.807, 2.05) is 18.0 Å². The minimum Gasteiger partial charge on any atom is -0.437 e. The van der Waals surface area contributed by atoms with E-state index in [2.05, 4.69) is 30.2 Å². The molecule has 0 aliphatic carbocycles. The molecule has 10 nitrogen and oxygen atoms in total. The Balaban J connectivity index is 1.22. The summed E-state index contributed by atoms with van der Waals surface area (Å²) in [5, 5.41) is 2.60. The SMILES string of the molecule is CN1CCN(Cc2ccc(NC(=O)c3cccc(Oc4nc(-c5cccnc5)nc5c4ncn5C)c3)cc2C(F)(F)F)CC1. The number of rotatable bonds is 7. The Labute approximate surface area is 251 Å². The molecule has 0 saturated carbocycles. The summed E-state index contributed by atoms with van der Waals surface area (Å²) in [5.41, 5.74) is 1.29. The second-order valence-electron chi connectivity index (χ2n) is 10.7. The van der Waals surface area contributed by atoms with Crippen LogP contribution in [0.25, 0.3) is 22.6 Å². The van der Waals surface area contributed by atoms with E-state index in [0.717, 1.165) is 19.2 Å². The lowest BCUT2D eigenvalue weighted by atomic mass is 10.0. The fraction of sp³-hybridized carbons (Fsp3) is 0.258. The van der Waals surface area contributed by atoms with Gasteiger partial charge in [0, 0.05) is 69.0 Å². The van der Waals surface area contributed by atoms with E-state index in [1.54, 1.807) is 54.6 Å². The zero-order chi connectivity index (χ0) is 30.8. The maximum atomic E-state index is 14.0. The lowest BCUT2D eigenvalue weighted by molar-refractivity contribution is -0.138. The monoisotopic (exact) mass is 602 g/mol. The van der Waals surface area contributed by atoms with Gasteiger partial charge in [0.2, 0.25) is 0 Å². The summed E-state index contributed by atoms with van der Waals surface area (Å²) in [4.78, 5) is 34.9. The van der Waals surface area contributed by atoms with Crippen LogP contribution in [0.15, 0.2) is 73.3 Å². The van der Waals surface area contributed by atoms with Crippen LogP contribution < -0.4 is 10.1 Å². The van der Waals surface area contributed by atoms with Crippen molar-refractivity contribution in [3.8, 4) is 23.0 Å². The van der Waals surface area contributed by atoms with Gasteiger partial charge in [0.25, 0.3) is 11.8 Å². The lowest BCUT2D eigenvalue weighted by Gasteiger charge is -2.33. The van der Waals surface area contributed by atoms with Gasteiger partial charge in [-0.05, 0) is 55.1 Å². The first kappa shape index (κ1) is 29.2. The topological polar surface area (TPSA) is 101 Å². The number of carbonyl (C=O) groups is 1. The number of benzene rings is 2. The molecule has 2 aromatic carbocycles. The highest BCUT2D eigenvalue weighted by molar-refractivity contribution is 6.04. The van der Waals surface area contributed by atoms with Crippen molar-refractivity contribution in [3.63, 3.8) is 0 Å². The number of carbonyl (C=O) groups excluding carboxylic acids is 1. The van der Waals surface area contributed by atoms with Gasteiger partial charge in [0.15, 0.2) is 17.0 Å². The molecule has 13 heteroatoms. The number of halogens is 3. The molecule has 4 heterocycles. The van der Waals surface area contributed by atoms with Crippen molar-refractivity contribution in [2.75, 3.05) is 38.5 Å². The fourth-order valence-corrected chi connectivity index (χ4v) is 4.99. The molecule has 0 atom stereocenters. The number of imidazole rings is 1. The number of amides is 1. The molecule has 5 aromatic rings. The Hall–Kier alpha value is -4.88. The third kappa shape index (κ3) is 6.38. The standard InChI is InChI=1S/C31H29F3N8O2/c1-40-11-13-42(14-12-40)18-22-8-9-23(16-25(22)31(32,33)34)37-29(43)20-5-3-7-24(15-20)44-30-26-28(41(2)19-36-26)38-27(39-30)21-6-4-10-35-17-21/h3-10,15-17,19H,11-14,18H2,1-2H3,(H,37,43). The predicted octanol–water partition coefficient (Wildman–Crippen LogP) is 5.24. The number of nitrogens with one attached hydrogen (secondary N) is 1. The van der Waals surface area contributed by atoms with Gasteiger partial charge in [0.05, 0.1) is 11.9 Å². The van der Waals surface area contributed by atoms with Crippen LogP contribution in [-0.4, -0.2) is 73.4 Å². The number of likely N-dealkylation sites (N-methyl/N-ethyl adjacent to an activating group) is 1. The van der Waals surface area contributed by atoms with Gasteiger partial charge in [-0.3, -0.25) is 14.7 Å². The number of hydrogen-bond donors (Lipinski definition) is 1. The quantitative estimate of drug-likeness (QED) is 0.270. The highest BCUT2D eigenvalue weighted by Gasteiger charge is 2.34. The molecule has 0 spiro atoms. The minimum absolute atomic E-state index is 0.0443. The second kappa shape index (κ2) is 12.0. The van der Waals surface area contributed by atoms with Gasteiger partial charge >= 0.3 is 6.18 Å². The number of fused-ring (bicyclic) bond motifs is 1. The number of ether oxygens (including phenoxy) is 1. The van der Waals surface area contributed by atoms with Gasteiger partial charge in [-0.1, -0.05) is 12.1 Å². The molecule has 1 aliphatic rings. The van der Waals surface area contributed by atoms with Crippen LogP contribution in [0.4, 0.5) is 18.9 Å². The Kier molecular flexibility index (Phi) is 7.97. The zero-order valence-corrected chi connectivity index (χ0v) is 24.0. The molecule has 1 N–H and O–H groups in total. The van der Waals surface area contributed by atoms with Crippen molar-refractivity contribution in [2.24, 2.45) is 7.05 Å². The summed E-state index contributed by atoms with van der Waals surface area (Å²) >= 11 is 0. The zero-order valence-electron chi connectivity index (χ0n) is 24.0. The highest BCUT2D eigenvalue weighted by atomic mass is 19.4. The van der Waals surface area contributed by atoms with Crippen molar-refractivity contribution in [1.82, 2.24) is 34.3 Å². The number of anilines is 1. The van der Waals surface area contributed by atoms with Crippen LogP contribution in [0.1, 0.15) is 21.5 Å². The molecule has 1 aliphatic heterocycles. The molecule has 1 amide bonds. The van der Waals surface area contributed by atoms with Crippen LogP contribution in [-0.2, 0) is 19.8 Å². The van der Waals surface area contributed by atoms with Crippen molar-refractivity contribution >= 4 is 22.8 Å². The molecule has 1 fully saturated rings. The maximum Gasteiger partial charge on any atom is 0.416 e. The summed E-state index contributed by atoms with van der Waals surface area (Å²) in [5.74, 6) is 0.267. The number of pyridine rings is 1. The van der Waals surface area contributed by atoms with E-state index in [0.29, 0.717) is 41.4 Å². The van der Waals surface area contributed by atoms with E-state index in [4.69, 9.17) is 4.74 Å². The van der Waals surface area contributed by atoms with Gasteiger partial charge in [-0.2, -0.15) is 18.2 Å². The van der Waals surface area contributed by atoms with Crippen molar-refractivity contribution in [3.05, 3.63) is 90.0 Å². The number of alkyl halides is 3. The molecular formula is C31H29F3N8O2. The summed E-state index contributed by atoms with van der Waals surface area (Å²) in [6.45, 7) is 3.17. The molecule has 226 valence electrons. The van der Waals surface area contributed by atoms with Crippen LogP contribution in [0, 0.1) is 0 Å². The Morgan fingerprint density at radius 3 is 2.57 bits per heavy atom. The van der Waals surface area contributed by atoms with Crippen molar-refractivity contribution in [1.29, 1.82) is 0 Å². The van der Waals surface area contributed by atoms with Crippen LogP contribution in [0.5, 0.6) is 11.6 Å². The summed E-state index contributed by atoms with van der Waals surface area (Å²) in [6, 6.07) is 13.8.